The van der Waals surface area contributed by atoms with Crippen LogP contribution in [0.2, 0.25) is 0 Å². The van der Waals surface area contributed by atoms with Crippen LogP contribution in [-0.4, -0.2) is 73.5 Å². The van der Waals surface area contributed by atoms with E-state index in [1.165, 1.54) is 20.8 Å². The first kappa shape index (κ1) is 21.3. The van der Waals surface area contributed by atoms with E-state index < -0.39 is 17.5 Å². The van der Waals surface area contributed by atoms with Crippen LogP contribution in [0.3, 0.4) is 0 Å². The van der Waals surface area contributed by atoms with E-state index >= 15 is 0 Å². The lowest BCUT2D eigenvalue weighted by Crippen LogP contribution is -2.41. The molecular weight excluding hydrogens is 306 g/mol. The van der Waals surface area contributed by atoms with Gasteiger partial charge < -0.3 is 19.3 Å². The highest BCUT2D eigenvalue weighted by Crippen LogP contribution is 2.10. The zero-order valence-corrected chi connectivity index (χ0v) is 14.3. The number of esters is 2. The van der Waals surface area contributed by atoms with Crippen LogP contribution in [-0.2, 0) is 28.6 Å². The van der Waals surface area contributed by atoms with Crippen molar-refractivity contribution in [3.05, 3.63) is 0 Å². The Balaban J connectivity index is 4.39. The minimum atomic E-state index is -1.56. The Hall–Kier alpha value is -1.67. The fourth-order valence-electron chi connectivity index (χ4n) is 1.75. The molecule has 0 fully saturated rings. The predicted molar refractivity (Wildman–Crippen MR) is 82.0 cm³/mol. The second-order valence-electron chi connectivity index (χ2n) is 5.61. The quantitative estimate of drug-likeness (QED) is 0.411. The van der Waals surface area contributed by atoms with Crippen LogP contribution in [0.4, 0.5) is 0 Å². The number of methoxy groups -OCH3 is 1. The summed E-state index contributed by atoms with van der Waals surface area (Å²) in [6.45, 7) is 5.90. The summed E-state index contributed by atoms with van der Waals surface area (Å²) >= 11 is 0. The first-order valence-corrected chi connectivity index (χ1v) is 7.49. The van der Waals surface area contributed by atoms with Crippen LogP contribution in [0, 0.1) is 0 Å². The second-order valence-corrected chi connectivity index (χ2v) is 5.61. The van der Waals surface area contributed by atoms with Crippen molar-refractivity contribution in [2.75, 3.05) is 40.0 Å². The minimum absolute atomic E-state index is 0.0273. The molecule has 8 heteroatoms. The molecule has 0 heterocycles. The molecule has 8 nitrogen and oxygen atoms in total. The van der Waals surface area contributed by atoms with Gasteiger partial charge in [0.05, 0.1) is 13.2 Å². The molecule has 0 aliphatic heterocycles. The van der Waals surface area contributed by atoms with E-state index in [9.17, 15) is 14.4 Å². The van der Waals surface area contributed by atoms with E-state index in [2.05, 4.69) is 0 Å². The Morgan fingerprint density at radius 3 is 2.13 bits per heavy atom. The molecule has 1 N–H and O–H groups in total. The van der Waals surface area contributed by atoms with Crippen LogP contribution in [0.1, 0.15) is 33.6 Å². The Morgan fingerprint density at radius 1 is 1.09 bits per heavy atom. The number of rotatable bonds is 12. The zero-order chi connectivity index (χ0) is 17.9. The SMILES string of the molecule is COCCCN(CCCOC(C)=O)CC(=O)OC(C)(C)C(=O)O. The highest BCUT2D eigenvalue weighted by molar-refractivity contribution is 5.81. The van der Waals surface area contributed by atoms with Crippen molar-refractivity contribution in [2.24, 2.45) is 0 Å². The van der Waals surface area contributed by atoms with Crippen molar-refractivity contribution < 1.29 is 33.7 Å². The summed E-state index contributed by atoms with van der Waals surface area (Å²) in [5.41, 5.74) is -1.56. The lowest BCUT2D eigenvalue weighted by Gasteiger charge is -2.24. The van der Waals surface area contributed by atoms with Gasteiger partial charge >= 0.3 is 17.9 Å². The first-order valence-electron chi connectivity index (χ1n) is 7.49. The molecular formula is C15H27NO7. The lowest BCUT2D eigenvalue weighted by molar-refractivity contribution is -0.175. The van der Waals surface area contributed by atoms with Crippen molar-refractivity contribution in [2.45, 2.75) is 39.2 Å². The summed E-state index contributed by atoms with van der Waals surface area (Å²) in [6.07, 6.45) is 1.29. The maximum atomic E-state index is 11.9. The number of carbonyl (C=O) groups excluding carboxylic acids is 2. The topological polar surface area (TPSA) is 102 Å². The molecule has 0 aliphatic rings. The molecule has 0 rings (SSSR count). The zero-order valence-electron chi connectivity index (χ0n) is 14.3. The maximum absolute atomic E-state index is 11.9. The summed E-state index contributed by atoms with van der Waals surface area (Å²) in [4.78, 5) is 35.4. The van der Waals surface area contributed by atoms with Gasteiger partial charge in [-0.25, -0.2) is 4.79 Å². The normalized spacial score (nSPS) is 11.3. The molecule has 0 aliphatic carbocycles. The Bertz CT molecular complexity index is 395. The molecule has 0 aromatic rings. The van der Waals surface area contributed by atoms with Gasteiger partial charge in [-0.2, -0.15) is 0 Å². The summed E-state index contributed by atoms with van der Waals surface area (Å²) in [7, 11) is 1.59. The van der Waals surface area contributed by atoms with Crippen molar-refractivity contribution in [1.82, 2.24) is 4.90 Å². The number of hydrogen-bond acceptors (Lipinski definition) is 7. The van der Waals surface area contributed by atoms with Gasteiger partial charge in [-0.15, -0.1) is 0 Å². The fourth-order valence-corrected chi connectivity index (χ4v) is 1.75. The van der Waals surface area contributed by atoms with Crippen molar-refractivity contribution in [3.63, 3.8) is 0 Å². The predicted octanol–water partition coefficient (Wildman–Crippen LogP) is 0.685. The van der Waals surface area contributed by atoms with Crippen LogP contribution >= 0.6 is 0 Å². The molecule has 0 saturated heterocycles. The van der Waals surface area contributed by atoms with Crippen molar-refractivity contribution in [1.29, 1.82) is 0 Å². The van der Waals surface area contributed by atoms with Crippen LogP contribution < -0.4 is 0 Å². The molecule has 0 atom stereocenters. The molecule has 0 saturated carbocycles. The second kappa shape index (κ2) is 11.0. The smallest absolute Gasteiger partial charge is 0.347 e. The molecule has 0 aromatic heterocycles. The number of nitrogens with zero attached hydrogens (tertiary/aromatic N) is 1. The van der Waals surface area contributed by atoms with Crippen LogP contribution in [0.5, 0.6) is 0 Å². The molecule has 0 spiro atoms. The number of carboxylic acid groups (broad SMARTS) is 1. The third-order valence-corrected chi connectivity index (χ3v) is 2.98. The molecule has 0 amide bonds. The number of ether oxygens (including phenoxy) is 3. The molecule has 134 valence electrons. The van der Waals surface area contributed by atoms with Gasteiger partial charge in [0.1, 0.15) is 0 Å². The molecule has 0 unspecified atom stereocenters. The van der Waals surface area contributed by atoms with Gasteiger partial charge in [-0.3, -0.25) is 14.5 Å². The van der Waals surface area contributed by atoms with E-state index in [4.69, 9.17) is 19.3 Å². The monoisotopic (exact) mass is 333 g/mol. The molecule has 0 radical (unpaired) electrons. The summed E-state index contributed by atoms with van der Waals surface area (Å²) < 4.78 is 14.8. The molecule has 0 aromatic carbocycles. The van der Waals surface area contributed by atoms with Gasteiger partial charge in [-0.1, -0.05) is 0 Å². The standard InChI is InChI=1S/C15H27NO7/c1-12(17)22-10-6-8-16(7-5-9-21-4)11-13(18)23-15(2,3)14(19)20/h5-11H2,1-4H3,(H,19,20). The average molecular weight is 333 g/mol. The fraction of sp³-hybridized carbons (Fsp3) is 0.800. The van der Waals surface area contributed by atoms with E-state index in [-0.39, 0.29) is 19.1 Å². The highest BCUT2D eigenvalue weighted by Gasteiger charge is 2.32. The summed E-state index contributed by atoms with van der Waals surface area (Å²) in [5.74, 6) is -2.16. The minimum Gasteiger partial charge on any atom is -0.478 e. The van der Waals surface area contributed by atoms with Gasteiger partial charge in [-0.05, 0) is 26.7 Å². The third-order valence-electron chi connectivity index (χ3n) is 2.98. The third kappa shape index (κ3) is 10.6. The van der Waals surface area contributed by atoms with Gasteiger partial charge in [0, 0.05) is 33.7 Å². The van der Waals surface area contributed by atoms with Crippen molar-refractivity contribution >= 4 is 17.9 Å². The highest BCUT2D eigenvalue weighted by atomic mass is 16.6. The first-order chi connectivity index (χ1) is 10.7. The van der Waals surface area contributed by atoms with E-state index in [0.717, 1.165) is 6.42 Å². The molecule has 0 bridgehead atoms. The van der Waals surface area contributed by atoms with Crippen LogP contribution in [0.25, 0.3) is 0 Å². The van der Waals surface area contributed by atoms with Crippen LogP contribution in [0.15, 0.2) is 0 Å². The van der Waals surface area contributed by atoms with Gasteiger partial charge in [0.25, 0.3) is 0 Å². The number of aliphatic carboxylic acids is 1. The number of hydrogen-bond donors (Lipinski definition) is 1. The van der Waals surface area contributed by atoms with E-state index in [1.807, 2.05) is 4.90 Å². The van der Waals surface area contributed by atoms with E-state index in [0.29, 0.717) is 26.1 Å². The van der Waals surface area contributed by atoms with E-state index in [1.54, 1.807) is 7.11 Å². The Kier molecular flexibility index (Phi) is 10.2. The Morgan fingerprint density at radius 2 is 1.65 bits per heavy atom. The van der Waals surface area contributed by atoms with Gasteiger partial charge in [0.15, 0.2) is 0 Å². The lowest BCUT2D eigenvalue weighted by atomic mass is 10.1. The summed E-state index contributed by atoms with van der Waals surface area (Å²) in [5, 5.41) is 8.97. The Labute approximate surface area is 136 Å². The van der Waals surface area contributed by atoms with Crippen molar-refractivity contribution in [3.8, 4) is 0 Å². The number of carbonyl (C=O) groups is 3. The average Bonchev–Trinajstić information content (AvgIpc) is 2.42. The van der Waals surface area contributed by atoms with Gasteiger partial charge in [0.2, 0.25) is 5.60 Å². The summed E-state index contributed by atoms with van der Waals surface area (Å²) in [6, 6.07) is 0. The largest absolute Gasteiger partial charge is 0.478 e. The maximum Gasteiger partial charge on any atom is 0.347 e. The number of carboxylic acids is 1. The molecule has 23 heavy (non-hydrogen) atoms.